The van der Waals surface area contributed by atoms with Crippen LogP contribution in [0.3, 0.4) is 0 Å². The quantitative estimate of drug-likeness (QED) is 0.435. The molecule has 1 radical (unpaired) electrons. The molecule has 0 aromatic heterocycles. The average molecular weight is 170 g/mol. The Kier molecular flexibility index (Phi) is 1.92. The van der Waals surface area contributed by atoms with E-state index >= 15 is 0 Å². The first-order valence-electron chi connectivity index (χ1n) is 4.10. The number of halogens is 1. The van der Waals surface area contributed by atoms with E-state index in [1.165, 1.54) is 7.41 Å². The maximum atomic E-state index is 13.2. The first-order chi connectivity index (χ1) is 5.74. The Balaban J connectivity index is 2.05. The van der Waals surface area contributed by atoms with Gasteiger partial charge in [-0.05, 0) is 13.0 Å². The molecular weight excluding hydrogens is 160 g/mol. The van der Waals surface area contributed by atoms with E-state index in [2.05, 4.69) is 0 Å². The van der Waals surface area contributed by atoms with Gasteiger partial charge in [-0.25, -0.2) is 4.39 Å². The molecule has 0 aromatic carbocycles. The van der Waals surface area contributed by atoms with E-state index in [9.17, 15) is 14.3 Å². The van der Waals surface area contributed by atoms with Crippen molar-refractivity contribution in [3.8, 4) is 0 Å². The number of nitrogens with zero attached hydrogens (tertiary/aromatic N) is 1. The molecule has 2 bridgehead atoms. The fourth-order valence-corrected chi connectivity index (χ4v) is 2.22. The van der Waals surface area contributed by atoms with Crippen LogP contribution in [0.4, 0.5) is 4.39 Å². The highest BCUT2D eigenvalue weighted by Gasteiger charge is 2.51. The molecule has 2 aliphatic rings. The van der Waals surface area contributed by atoms with Crippen molar-refractivity contribution in [1.29, 1.82) is 0 Å². The highest BCUT2D eigenvalue weighted by Crippen LogP contribution is 2.38. The average Bonchev–Trinajstić information content (AvgIpc) is 2.55. The third-order valence-electron chi connectivity index (χ3n) is 2.84. The minimum Gasteiger partial charge on any atom is -0.390 e. The predicted octanol–water partition coefficient (Wildman–Crippen LogP) is -0.801. The zero-order valence-corrected chi connectivity index (χ0v) is 6.56. The van der Waals surface area contributed by atoms with Gasteiger partial charge in [0.15, 0.2) is 0 Å². The number of alkyl halides is 1. The normalized spacial score (nSPS) is 46.5. The summed E-state index contributed by atoms with van der Waals surface area (Å²) in [7, 11) is 1.36. The number of carbonyl (C=O) groups excluding carboxylic acids is 1. The molecule has 1 aliphatic heterocycles. The first kappa shape index (κ1) is 8.20. The minimum absolute atomic E-state index is 0.0150. The maximum Gasteiger partial charge on any atom is 0.293 e. The highest BCUT2D eigenvalue weighted by molar-refractivity contribution is 6.64. The Morgan fingerprint density at radius 3 is 2.92 bits per heavy atom. The lowest BCUT2D eigenvalue weighted by Crippen LogP contribution is -2.48. The van der Waals surface area contributed by atoms with Crippen molar-refractivity contribution >= 4 is 13.6 Å². The summed E-state index contributed by atoms with van der Waals surface area (Å²) >= 11 is 0. The van der Waals surface area contributed by atoms with Crippen LogP contribution in [0.5, 0.6) is 0 Å². The van der Waals surface area contributed by atoms with Crippen LogP contribution in [0, 0.1) is 5.92 Å². The molecule has 0 spiro atoms. The number of piperidine rings is 1. The van der Waals surface area contributed by atoms with E-state index < -0.39 is 12.3 Å². The molecule has 5 heteroatoms. The van der Waals surface area contributed by atoms with Crippen LogP contribution in [0.1, 0.15) is 6.42 Å². The number of rotatable bonds is 2. The third kappa shape index (κ3) is 1.000. The lowest BCUT2D eigenvalue weighted by Gasteiger charge is -2.30. The second kappa shape index (κ2) is 2.82. The van der Waals surface area contributed by atoms with Gasteiger partial charge < -0.3 is 14.7 Å². The molecule has 1 aliphatic carbocycles. The molecule has 1 heterocycles. The largest absolute Gasteiger partial charge is 0.390 e. The van der Waals surface area contributed by atoms with E-state index in [0.717, 1.165) is 0 Å². The Labute approximate surface area is 70.8 Å². The Morgan fingerprint density at radius 1 is 1.67 bits per heavy atom. The summed E-state index contributed by atoms with van der Waals surface area (Å²) in [4.78, 5) is 11.8. The summed E-state index contributed by atoms with van der Waals surface area (Å²) in [6, 6.07) is -0.268. The summed E-state index contributed by atoms with van der Waals surface area (Å²) in [5, 5.41) is 9.27. The van der Waals surface area contributed by atoms with Gasteiger partial charge >= 0.3 is 0 Å². The zero-order valence-electron chi connectivity index (χ0n) is 6.56. The van der Waals surface area contributed by atoms with Crippen molar-refractivity contribution in [2.24, 2.45) is 5.92 Å². The minimum atomic E-state index is -1.18. The van der Waals surface area contributed by atoms with Gasteiger partial charge in [-0.3, -0.25) is 0 Å². The van der Waals surface area contributed by atoms with Crippen molar-refractivity contribution in [1.82, 2.24) is 4.81 Å². The fraction of sp³-hybridized carbons (Fsp3) is 0.857. The van der Waals surface area contributed by atoms with E-state index in [0.29, 0.717) is 19.2 Å². The van der Waals surface area contributed by atoms with Gasteiger partial charge in [0.25, 0.3) is 7.41 Å². The van der Waals surface area contributed by atoms with E-state index in [-0.39, 0.29) is 12.0 Å². The van der Waals surface area contributed by atoms with Crippen molar-refractivity contribution in [2.75, 3.05) is 6.54 Å². The molecule has 2 rings (SSSR count). The lowest BCUT2D eigenvalue weighted by molar-refractivity contribution is 0.0237. The first-order valence-corrected chi connectivity index (χ1v) is 4.10. The number of hydrogen-bond donors (Lipinski definition) is 1. The summed E-state index contributed by atoms with van der Waals surface area (Å²) in [6.07, 6.45) is -0.654. The van der Waals surface area contributed by atoms with Gasteiger partial charge in [0.1, 0.15) is 6.17 Å². The second-order valence-corrected chi connectivity index (χ2v) is 3.48. The monoisotopic (exact) mass is 170 g/mol. The van der Waals surface area contributed by atoms with Crippen molar-refractivity contribution in [3.05, 3.63) is 0 Å². The number of hydrogen-bond acceptors (Lipinski definition) is 3. The van der Waals surface area contributed by atoms with Crippen LogP contribution in [-0.2, 0) is 4.79 Å². The molecular formula is C7H10BFNO2. The molecule has 65 valence electrons. The van der Waals surface area contributed by atoms with Crippen LogP contribution in [0.25, 0.3) is 0 Å². The van der Waals surface area contributed by atoms with Gasteiger partial charge in [0.2, 0.25) is 0 Å². The van der Waals surface area contributed by atoms with Crippen LogP contribution in [-0.4, -0.2) is 48.4 Å². The maximum absolute atomic E-state index is 13.2. The predicted molar refractivity (Wildman–Crippen MR) is 42.0 cm³/mol. The second-order valence-electron chi connectivity index (χ2n) is 3.48. The standard InChI is InChI=1S/C7H10BFNO2/c9-6-5-1-4(7(6)12)2-10(5)8-3-11/h3-7,12H,1-2H2/t4?,5?,6-,7-/m0/s1. The number of aliphatic hydroxyl groups is 1. The van der Waals surface area contributed by atoms with Crippen LogP contribution in [0.2, 0.25) is 0 Å². The molecule has 0 aromatic rings. The molecule has 2 fully saturated rings. The van der Waals surface area contributed by atoms with Crippen LogP contribution >= 0.6 is 0 Å². The Hall–Kier alpha value is -0.415. The fourth-order valence-electron chi connectivity index (χ4n) is 2.22. The molecule has 12 heavy (non-hydrogen) atoms. The third-order valence-corrected chi connectivity index (χ3v) is 2.84. The number of aliphatic hydroxyl groups excluding tert-OH is 1. The van der Waals surface area contributed by atoms with E-state index in [1.54, 1.807) is 4.81 Å². The molecule has 1 saturated carbocycles. The van der Waals surface area contributed by atoms with Gasteiger partial charge in [0.05, 0.1) is 12.3 Å². The molecule has 2 unspecified atom stereocenters. The Bertz CT molecular complexity index is 202. The molecule has 0 amide bonds. The van der Waals surface area contributed by atoms with E-state index in [1.807, 2.05) is 0 Å². The lowest BCUT2D eigenvalue weighted by atomic mass is 9.90. The number of carbonyl (C=O) groups is 1. The van der Waals surface area contributed by atoms with Gasteiger partial charge in [-0.2, -0.15) is 0 Å². The summed E-state index contributed by atoms with van der Waals surface area (Å²) < 4.78 is 13.2. The zero-order chi connectivity index (χ0) is 8.72. The van der Waals surface area contributed by atoms with Crippen molar-refractivity contribution in [2.45, 2.75) is 24.7 Å². The molecule has 1 saturated heterocycles. The molecule has 1 N–H and O–H groups in total. The smallest absolute Gasteiger partial charge is 0.293 e. The van der Waals surface area contributed by atoms with Crippen molar-refractivity contribution in [3.63, 3.8) is 0 Å². The van der Waals surface area contributed by atoms with Gasteiger partial charge in [-0.15, -0.1) is 0 Å². The summed E-state index contributed by atoms with van der Waals surface area (Å²) in [6.45, 7) is 0.616. The van der Waals surface area contributed by atoms with E-state index in [4.69, 9.17) is 0 Å². The molecule has 4 atom stereocenters. The van der Waals surface area contributed by atoms with Gasteiger partial charge in [0, 0.05) is 12.0 Å². The molecule has 3 nitrogen and oxygen atoms in total. The summed E-state index contributed by atoms with van der Waals surface area (Å²) in [5.74, 6) is 0.0150. The number of fused-ring (bicyclic) bond motifs is 2. The van der Waals surface area contributed by atoms with Crippen LogP contribution < -0.4 is 0 Å². The summed E-state index contributed by atoms with van der Waals surface area (Å²) in [5.41, 5.74) is 0. The van der Waals surface area contributed by atoms with Gasteiger partial charge in [-0.1, -0.05) is 0 Å². The van der Waals surface area contributed by atoms with Crippen LogP contribution in [0.15, 0.2) is 0 Å². The highest BCUT2D eigenvalue weighted by atomic mass is 19.1. The Morgan fingerprint density at radius 2 is 2.42 bits per heavy atom. The van der Waals surface area contributed by atoms with Crippen molar-refractivity contribution < 1.29 is 14.3 Å². The topological polar surface area (TPSA) is 40.5 Å². The SMILES string of the molecule is O=C[B]N1CC2CC1[C@H](F)[C@H]2O.